The number of hydrogen-bond acceptors (Lipinski definition) is 4. The van der Waals surface area contributed by atoms with Gasteiger partial charge in [-0.3, -0.25) is 9.36 Å². The first-order valence-corrected chi connectivity index (χ1v) is 7.24. The van der Waals surface area contributed by atoms with Crippen LogP contribution in [0.15, 0.2) is 58.1 Å². The SMILES string of the molecule is O=c1[nH]c2ccccc2c(=O)n1Cc1ccccc1OCCO. The van der Waals surface area contributed by atoms with E-state index in [0.29, 0.717) is 22.2 Å². The summed E-state index contributed by atoms with van der Waals surface area (Å²) in [6, 6.07) is 14.0. The second kappa shape index (κ2) is 6.50. The van der Waals surface area contributed by atoms with Crippen molar-refractivity contribution >= 4 is 10.9 Å². The smallest absolute Gasteiger partial charge is 0.329 e. The van der Waals surface area contributed by atoms with Crippen molar-refractivity contribution in [2.75, 3.05) is 13.2 Å². The number of aromatic amines is 1. The Morgan fingerprint density at radius 1 is 1.04 bits per heavy atom. The quantitative estimate of drug-likeness (QED) is 0.739. The summed E-state index contributed by atoms with van der Waals surface area (Å²) in [5.74, 6) is 0.543. The van der Waals surface area contributed by atoms with Gasteiger partial charge in [0.15, 0.2) is 0 Å². The van der Waals surface area contributed by atoms with Gasteiger partial charge in [0.1, 0.15) is 12.4 Å². The molecular weight excluding hydrogens is 296 g/mol. The minimum absolute atomic E-state index is 0.0978. The van der Waals surface area contributed by atoms with Crippen molar-refractivity contribution in [3.63, 3.8) is 0 Å². The molecule has 0 aliphatic rings. The molecule has 118 valence electrons. The highest BCUT2D eigenvalue weighted by molar-refractivity contribution is 5.76. The topological polar surface area (TPSA) is 84.3 Å². The first kappa shape index (κ1) is 15.1. The Morgan fingerprint density at radius 3 is 2.61 bits per heavy atom. The third-order valence-corrected chi connectivity index (χ3v) is 3.54. The molecule has 0 unspecified atom stereocenters. The third-order valence-electron chi connectivity index (χ3n) is 3.54. The van der Waals surface area contributed by atoms with E-state index in [-0.39, 0.29) is 25.3 Å². The molecule has 2 N–H and O–H groups in total. The molecule has 0 aliphatic carbocycles. The number of benzene rings is 2. The van der Waals surface area contributed by atoms with Crippen LogP contribution in [0.1, 0.15) is 5.56 Å². The largest absolute Gasteiger partial charge is 0.491 e. The third kappa shape index (κ3) is 3.02. The molecule has 0 saturated heterocycles. The summed E-state index contributed by atoms with van der Waals surface area (Å²) in [7, 11) is 0. The van der Waals surface area contributed by atoms with Crippen LogP contribution in [-0.2, 0) is 6.54 Å². The first-order chi connectivity index (χ1) is 11.2. The monoisotopic (exact) mass is 312 g/mol. The van der Waals surface area contributed by atoms with Crippen LogP contribution in [0.2, 0.25) is 0 Å². The average Bonchev–Trinajstić information content (AvgIpc) is 2.57. The predicted molar refractivity (Wildman–Crippen MR) is 87.0 cm³/mol. The lowest BCUT2D eigenvalue weighted by Gasteiger charge is -2.12. The van der Waals surface area contributed by atoms with Gasteiger partial charge in [-0.25, -0.2) is 4.79 Å². The van der Waals surface area contributed by atoms with Crippen LogP contribution in [0.5, 0.6) is 5.75 Å². The number of aliphatic hydroxyl groups is 1. The number of hydrogen-bond donors (Lipinski definition) is 2. The summed E-state index contributed by atoms with van der Waals surface area (Å²) in [5.41, 5.74) is 0.402. The van der Waals surface area contributed by atoms with E-state index in [2.05, 4.69) is 4.98 Å². The number of nitrogens with zero attached hydrogens (tertiary/aromatic N) is 1. The van der Waals surface area contributed by atoms with Gasteiger partial charge in [-0.05, 0) is 18.2 Å². The van der Waals surface area contributed by atoms with Crippen molar-refractivity contribution in [2.45, 2.75) is 6.54 Å². The van der Waals surface area contributed by atoms with Crippen LogP contribution in [0.3, 0.4) is 0 Å². The van der Waals surface area contributed by atoms with E-state index in [1.54, 1.807) is 48.5 Å². The summed E-state index contributed by atoms with van der Waals surface area (Å²) in [5, 5.41) is 9.34. The Labute approximate surface area is 131 Å². The highest BCUT2D eigenvalue weighted by atomic mass is 16.5. The molecule has 0 amide bonds. The maximum absolute atomic E-state index is 12.5. The molecule has 0 spiro atoms. The predicted octanol–water partition coefficient (Wildman–Crippen LogP) is 1.11. The number of H-pyrrole nitrogens is 1. The summed E-state index contributed by atoms with van der Waals surface area (Å²) >= 11 is 0. The second-order valence-corrected chi connectivity index (χ2v) is 5.05. The van der Waals surface area contributed by atoms with Crippen LogP contribution in [0.4, 0.5) is 0 Å². The van der Waals surface area contributed by atoms with Gasteiger partial charge in [0.2, 0.25) is 0 Å². The molecule has 6 nitrogen and oxygen atoms in total. The molecule has 23 heavy (non-hydrogen) atoms. The normalized spacial score (nSPS) is 10.8. The minimum atomic E-state index is -0.467. The van der Waals surface area contributed by atoms with Gasteiger partial charge in [-0.15, -0.1) is 0 Å². The fourth-order valence-corrected chi connectivity index (χ4v) is 2.44. The second-order valence-electron chi connectivity index (χ2n) is 5.05. The lowest BCUT2D eigenvalue weighted by Crippen LogP contribution is -2.35. The zero-order valence-electron chi connectivity index (χ0n) is 12.4. The molecule has 1 aromatic heterocycles. The molecule has 1 heterocycles. The number of aromatic nitrogens is 2. The van der Waals surface area contributed by atoms with Crippen molar-refractivity contribution in [1.29, 1.82) is 0 Å². The van der Waals surface area contributed by atoms with Gasteiger partial charge in [-0.2, -0.15) is 0 Å². The summed E-state index contributed by atoms with van der Waals surface area (Å²) < 4.78 is 6.59. The van der Waals surface area contributed by atoms with Crippen LogP contribution in [0, 0.1) is 0 Å². The van der Waals surface area contributed by atoms with Crippen LogP contribution < -0.4 is 16.0 Å². The molecule has 2 aromatic carbocycles. The Balaban J connectivity index is 2.06. The van der Waals surface area contributed by atoms with Gasteiger partial charge in [0.05, 0.1) is 24.1 Å². The van der Waals surface area contributed by atoms with E-state index >= 15 is 0 Å². The number of rotatable bonds is 5. The lowest BCUT2D eigenvalue weighted by molar-refractivity contribution is 0.200. The molecule has 0 bridgehead atoms. The first-order valence-electron chi connectivity index (χ1n) is 7.24. The molecule has 0 fully saturated rings. The zero-order chi connectivity index (χ0) is 16.2. The highest BCUT2D eigenvalue weighted by Crippen LogP contribution is 2.18. The summed E-state index contributed by atoms with van der Waals surface area (Å²) in [4.78, 5) is 27.5. The number of para-hydroxylation sites is 2. The van der Waals surface area contributed by atoms with E-state index < -0.39 is 5.69 Å². The molecule has 0 radical (unpaired) electrons. The maximum atomic E-state index is 12.5. The zero-order valence-corrected chi connectivity index (χ0v) is 12.4. The maximum Gasteiger partial charge on any atom is 0.329 e. The van der Waals surface area contributed by atoms with E-state index in [0.717, 1.165) is 4.57 Å². The number of fused-ring (bicyclic) bond motifs is 1. The summed E-state index contributed by atoms with van der Waals surface area (Å²) in [6.07, 6.45) is 0. The van der Waals surface area contributed by atoms with Gasteiger partial charge in [0, 0.05) is 5.56 Å². The van der Waals surface area contributed by atoms with Crippen molar-refractivity contribution in [2.24, 2.45) is 0 Å². The molecule has 3 rings (SSSR count). The number of nitrogens with one attached hydrogen (secondary N) is 1. The van der Waals surface area contributed by atoms with Crippen molar-refractivity contribution in [1.82, 2.24) is 9.55 Å². The van der Waals surface area contributed by atoms with E-state index in [1.807, 2.05) is 0 Å². The highest BCUT2D eigenvalue weighted by Gasteiger charge is 2.10. The molecule has 6 heteroatoms. The van der Waals surface area contributed by atoms with Crippen LogP contribution in [0.25, 0.3) is 10.9 Å². The Bertz CT molecular complexity index is 943. The Morgan fingerprint density at radius 2 is 1.78 bits per heavy atom. The van der Waals surface area contributed by atoms with Crippen molar-refractivity contribution < 1.29 is 9.84 Å². The molecule has 3 aromatic rings. The van der Waals surface area contributed by atoms with Gasteiger partial charge >= 0.3 is 5.69 Å². The van der Waals surface area contributed by atoms with E-state index in [4.69, 9.17) is 9.84 Å². The molecule has 0 atom stereocenters. The fraction of sp³-hybridized carbons (Fsp3) is 0.176. The Kier molecular flexibility index (Phi) is 4.25. The molecular formula is C17H16N2O4. The average molecular weight is 312 g/mol. The minimum Gasteiger partial charge on any atom is -0.491 e. The Hall–Kier alpha value is -2.86. The number of ether oxygens (including phenoxy) is 1. The van der Waals surface area contributed by atoms with Crippen LogP contribution in [-0.4, -0.2) is 27.9 Å². The standard InChI is InChI=1S/C17H16N2O4/c20-9-10-23-15-8-4-1-5-12(15)11-19-16(21)13-6-2-3-7-14(13)18-17(19)22/h1-8,20H,9-11H2,(H,18,22). The molecule has 0 aliphatic heterocycles. The lowest BCUT2D eigenvalue weighted by atomic mass is 10.2. The summed E-state index contributed by atoms with van der Waals surface area (Å²) in [6.45, 7) is 0.144. The van der Waals surface area contributed by atoms with Gasteiger partial charge in [0.25, 0.3) is 5.56 Å². The van der Waals surface area contributed by atoms with Gasteiger partial charge in [-0.1, -0.05) is 30.3 Å². The van der Waals surface area contributed by atoms with Crippen LogP contribution >= 0.6 is 0 Å². The van der Waals surface area contributed by atoms with E-state index in [1.165, 1.54) is 0 Å². The molecule has 0 saturated carbocycles. The van der Waals surface area contributed by atoms with Crippen molar-refractivity contribution in [3.8, 4) is 5.75 Å². The fourth-order valence-electron chi connectivity index (χ4n) is 2.44. The van der Waals surface area contributed by atoms with Crippen molar-refractivity contribution in [3.05, 3.63) is 74.9 Å². The number of aliphatic hydroxyl groups excluding tert-OH is 1. The van der Waals surface area contributed by atoms with Gasteiger partial charge < -0.3 is 14.8 Å². The van der Waals surface area contributed by atoms with E-state index in [9.17, 15) is 9.59 Å².